The van der Waals surface area contributed by atoms with E-state index in [0.29, 0.717) is 5.92 Å². The number of hydrogen-bond donors (Lipinski definition) is 1. The Morgan fingerprint density at radius 3 is 2.68 bits per heavy atom. The van der Waals surface area contributed by atoms with Gasteiger partial charge in [-0.1, -0.05) is 18.6 Å². The summed E-state index contributed by atoms with van der Waals surface area (Å²) in [6.45, 7) is 6.45. The largest absolute Gasteiger partial charge is 0.366 e. The van der Waals surface area contributed by atoms with E-state index in [1.54, 1.807) is 0 Å². The first-order valence-electron chi connectivity index (χ1n) is 8.43. The molecular weight excluding hydrogens is 272 g/mol. The normalized spacial score (nSPS) is 19.2. The van der Waals surface area contributed by atoms with Crippen molar-refractivity contribution < 1.29 is 0 Å². The summed E-state index contributed by atoms with van der Waals surface area (Å²) in [7, 11) is 0. The lowest BCUT2D eigenvalue weighted by Gasteiger charge is -2.33. The van der Waals surface area contributed by atoms with Gasteiger partial charge in [-0.2, -0.15) is 5.10 Å². The molecule has 0 atom stereocenters. The van der Waals surface area contributed by atoms with E-state index in [1.165, 1.54) is 41.9 Å². The third-order valence-electron chi connectivity index (χ3n) is 4.98. The molecule has 1 aliphatic heterocycles. The number of anilines is 1. The number of aromatic nitrogens is 2. The zero-order valence-corrected chi connectivity index (χ0v) is 13.3. The first-order valence-corrected chi connectivity index (χ1v) is 8.43. The molecule has 2 aromatic rings. The first-order chi connectivity index (χ1) is 10.8. The van der Waals surface area contributed by atoms with Crippen LogP contribution in [0.4, 0.5) is 5.69 Å². The molecule has 4 rings (SSSR count). The monoisotopic (exact) mass is 296 g/mol. The van der Waals surface area contributed by atoms with Crippen LogP contribution in [-0.4, -0.2) is 36.0 Å². The molecule has 0 amide bonds. The third kappa shape index (κ3) is 2.41. The summed E-state index contributed by atoms with van der Waals surface area (Å²) in [4.78, 5) is 2.50. The van der Waals surface area contributed by atoms with Crippen molar-refractivity contribution in [2.75, 3.05) is 31.1 Å². The molecule has 1 saturated carbocycles. The Morgan fingerprint density at radius 1 is 1.18 bits per heavy atom. The van der Waals surface area contributed by atoms with Crippen molar-refractivity contribution in [2.24, 2.45) is 0 Å². The molecular formula is C18H24N4. The Labute approximate surface area is 132 Å². The highest BCUT2D eigenvalue weighted by Crippen LogP contribution is 2.42. The second-order valence-corrected chi connectivity index (χ2v) is 6.53. The van der Waals surface area contributed by atoms with Gasteiger partial charge >= 0.3 is 0 Å². The van der Waals surface area contributed by atoms with E-state index >= 15 is 0 Å². The Kier molecular flexibility index (Phi) is 3.62. The van der Waals surface area contributed by atoms with Crippen LogP contribution in [0.3, 0.4) is 0 Å². The number of rotatable bonds is 3. The fourth-order valence-corrected chi connectivity index (χ4v) is 3.53. The van der Waals surface area contributed by atoms with E-state index in [1.807, 2.05) is 0 Å². The summed E-state index contributed by atoms with van der Waals surface area (Å²) in [6, 6.07) is 8.68. The molecule has 0 spiro atoms. The molecule has 1 N–H and O–H groups in total. The van der Waals surface area contributed by atoms with Gasteiger partial charge in [0.1, 0.15) is 0 Å². The molecule has 1 aliphatic carbocycles. The molecule has 1 aromatic heterocycles. The standard InChI is InChI=1S/C18H24N4/c1-14-4-2-7-16(12-14)22-18(15-5-3-6-15)17(13-20-22)21-10-8-19-9-11-21/h2,4,7,12-13,15,19H,3,5-6,8-11H2,1H3. The Morgan fingerprint density at radius 2 is 2.00 bits per heavy atom. The fraction of sp³-hybridized carbons (Fsp3) is 0.500. The summed E-state index contributed by atoms with van der Waals surface area (Å²) in [6.07, 6.45) is 6.04. The van der Waals surface area contributed by atoms with Crippen molar-refractivity contribution >= 4 is 5.69 Å². The van der Waals surface area contributed by atoms with E-state index in [9.17, 15) is 0 Å². The SMILES string of the molecule is Cc1cccc(-n2ncc(N3CCNCC3)c2C2CCC2)c1. The zero-order valence-electron chi connectivity index (χ0n) is 13.3. The highest BCUT2D eigenvalue weighted by molar-refractivity contribution is 5.55. The smallest absolute Gasteiger partial charge is 0.0793 e. The molecule has 22 heavy (non-hydrogen) atoms. The van der Waals surface area contributed by atoms with Crippen LogP contribution >= 0.6 is 0 Å². The van der Waals surface area contributed by atoms with Crippen molar-refractivity contribution in [1.82, 2.24) is 15.1 Å². The highest BCUT2D eigenvalue weighted by Gasteiger charge is 2.29. The number of benzene rings is 1. The maximum atomic E-state index is 4.76. The lowest BCUT2D eigenvalue weighted by atomic mass is 9.82. The summed E-state index contributed by atoms with van der Waals surface area (Å²) >= 11 is 0. The minimum absolute atomic E-state index is 0.674. The topological polar surface area (TPSA) is 33.1 Å². The number of piperazine rings is 1. The average molecular weight is 296 g/mol. The highest BCUT2D eigenvalue weighted by atomic mass is 15.3. The molecule has 2 aliphatic rings. The molecule has 4 nitrogen and oxygen atoms in total. The fourth-order valence-electron chi connectivity index (χ4n) is 3.53. The molecule has 2 heterocycles. The van der Waals surface area contributed by atoms with Gasteiger partial charge in [0.05, 0.1) is 23.3 Å². The van der Waals surface area contributed by atoms with Gasteiger partial charge in [0.15, 0.2) is 0 Å². The van der Waals surface area contributed by atoms with Gasteiger partial charge in [0.25, 0.3) is 0 Å². The summed E-state index contributed by atoms with van der Waals surface area (Å²) in [5.74, 6) is 0.674. The Balaban J connectivity index is 1.76. The number of nitrogens with one attached hydrogen (secondary N) is 1. The van der Waals surface area contributed by atoms with Crippen molar-refractivity contribution in [3.63, 3.8) is 0 Å². The van der Waals surface area contributed by atoms with Gasteiger partial charge in [0.2, 0.25) is 0 Å². The van der Waals surface area contributed by atoms with E-state index < -0.39 is 0 Å². The molecule has 1 aromatic carbocycles. The maximum Gasteiger partial charge on any atom is 0.0793 e. The lowest BCUT2D eigenvalue weighted by Crippen LogP contribution is -2.44. The maximum absolute atomic E-state index is 4.76. The van der Waals surface area contributed by atoms with Crippen LogP contribution in [0, 0.1) is 6.92 Å². The van der Waals surface area contributed by atoms with Gasteiger partial charge < -0.3 is 10.2 Å². The van der Waals surface area contributed by atoms with Crippen LogP contribution in [0.2, 0.25) is 0 Å². The lowest BCUT2D eigenvalue weighted by molar-refractivity contribution is 0.402. The summed E-state index contributed by atoms with van der Waals surface area (Å²) < 4.78 is 2.19. The number of nitrogens with zero attached hydrogens (tertiary/aromatic N) is 3. The van der Waals surface area contributed by atoms with Gasteiger partial charge in [-0.15, -0.1) is 0 Å². The molecule has 0 bridgehead atoms. The number of hydrogen-bond acceptors (Lipinski definition) is 3. The van der Waals surface area contributed by atoms with E-state index in [4.69, 9.17) is 5.10 Å². The second kappa shape index (κ2) is 5.76. The van der Waals surface area contributed by atoms with Crippen molar-refractivity contribution in [3.8, 4) is 5.69 Å². The minimum Gasteiger partial charge on any atom is -0.366 e. The van der Waals surface area contributed by atoms with Crippen LogP contribution in [0.25, 0.3) is 5.69 Å². The van der Waals surface area contributed by atoms with Crippen molar-refractivity contribution in [3.05, 3.63) is 41.7 Å². The van der Waals surface area contributed by atoms with Crippen LogP contribution < -0.4 is 10.2 Å². The zero-order chi connectivity index (χ0) is 14.9. The quantitative estimate of drug-likeness (QED) is 0.945. The van der Waals surface area contributed by atoms with E-state index in [-0.39, 0.29) is 0 Å². The first kappa shape index (κ1) is 13.8. The van der Waals surface area contributed by atoms with Gasteiger partial charge in [-0.25, -0.2) is 4.68 Å². The van der Waals surface area contributed by atoms with E-state index in [2.05, 4.69) is 52.3 Å². The average Bonchev–Trinajstić information content (AvgIpc) is 2.91. The van der Waals surface area contributed by atoms with Gasteiger partial charge in [0, 0.05) is 32.1 Å². The van der Waals surface area contributed by atoms with Crippen molar-refractivity contribution in [1.29, 1.82) is 0 Å². The predicted molar refractivity (Wildman–Crippen MR) is 90.0 cm³/mol. The van der Waals surface area contributed by atoms with Crippen LogP contribution in [-0.2, 0) is 0 Å². The molecule has 4 heteroatoms. The van der Waals surface area contributed by atoms with Gasteiger partial charge in [-0.05, 0) is 37.5 Å². The third-order valence-corrected chi connectivity index (χ3v) is 4.98. The van der Waals surface area contributed by atoms with Crippen molar-refractivity contribution in [2.45, 2.75) is 32.1 Å². The second-order valence-electron chi connectivity index (χ2n) is 6.53. The molecule has 1 saturated heterocycles. The molecule has 2 fully saturated rings. The molecule has 0 radical (unpaired) electrons. The van der Waals surface area contributed by atoms with Crippen LogP contribution in [0.5, 0.6) is 0 Å². The van der Waals surface area contributed by atoms with E-state index in [0.717, 1.165) is 26.2 Å². The Hall–Kier alpha value is -1.81. The molecule has 0 unspecified atom stereocenters. The summed E-state index contributed by atoms with van der Waals surface area (Å²) in [5.41, 5.74) is 5.27. The van der Waals surface area contributed by atoms with Gasteiger partial charge in [-0.3, -0.25) is 0 Å². The Bertz CT molecular complexity index is 651. The number of aryl methyl sites for hydroxylation is 1. The molecule has 116 valence electrons. The van der Waals surface area contributed by atoms with Crippen LogP contribution in [0.15, 0.2) is 30.5 Å². The predicted octanol–water partition coefficient (Wildman–Crippen LogP) is 2.86. The van der Waals surface area contributed by atoms with Crippen LogP contribution in [0.1, 0.15) is 36.4 Å². The minimum atomic E-state index is 0.674. The summed E-state index contributed by atoms with van der Waals surface area (Å²) in [5, 5.41) is 8.20.